The van der Waals surface area contributed by atoms with Crippen molar-refractivity contribution in [1.29, 1.82) is 0 Å². The maximum atomic E-state index is 6.09. The maximum Gasteiger partial charge on any atom is 0.126 e. The molecule has 0 bridgehead atoms. The molecule has 0 amide bonds. The van der Waals surface area contributed by atoms with Gasteiger partial charge in [0.2, 0.25) is 0 Å². The number of hydrogen-bond acceptors (Lipinski definition) is 1. The van der Waals surface area contributed by atoms with Crippen LogP contribution in [-0.2, 0) is 10.8 Å². The predicted octanol–water partition coefficient (Wildman–Crippen LogP) is 6.41. The molecule has 0 aromatic heterocycles. The van der Waals surface area contributed by atoms with E-state index >= 15 is 0 Å². The Bertz CT molecular complexity index is 456. The van der Waals surface area contributed by atoms with Crippen molar-refractivity contribution in [3.63, 3.8) is 0 Å². The molecule has 0 aliphatic carbocycles. The minimum atomic E-state index is 0.0567. The minimum Gasteiger partial charge on any atom is -0.493 e. The second kappa shape index (κ2) is 7.25. The van der Waals surface area contributed by atoms with E-state index in [2.05, 4.69) is 67.5 Å². The van der Waals surface area contributed by atoms with E-state index in [0.29, 0.717) is 18.4 Å². The Morgan fingerprint density at radius 1 is 1.00 bits per heavy atom. The van der Waals surface area contributed by atoms with Gasteiger partial charge >= 0.3 is 0 Å². The summed E-state index contributed by atoms with van der Waals surface area (Å²) in [6.45, 7) is 18.6. The first-order valence-electron chi connectivity index (χ1n) is 8.40. The molecule has 22 heavy (non-hydrogen) atoms. The molecule has 0 aliphatic rings. The van der Waals surface area contributed by atoms with Gasteiger partial charge in [0.15, 0.2) is 0 Å². The van der Waals surface area contributed by atoms with Gasteiger partial charge in [-0.1, -0.05) is 60.6 Å². The second-order valence-electron chi connectivity index (χ2n) is 8.26. The zero-order valence-corrected chi connectivity index (χ0v) is 16.4. The van der Waals surface area contributed by atoms with Crippen molar-refractivity contribution in [2.45, 2.75) is 78.6 Å². The van der Waals surface area contributed by atoms with E-state index in [0.717, 1.165) is 12.2 Å². The highest BCUT2D eigenvalue weighted by Crippen LogP contribution is 2.42. The number of rotatable bonds is 5. The monoisotopic (exact) mass is 324 g/mol. The van der Waals surface area contributed by atoms with Crippen LogP contribution in [0.3, 0.4) is 0 Å². The van der Waals surface area contributed by atoms with Crippen molar-refractivity contribution in [2.75, 3.05) is 12.5 Å². The van der Waals surface area contributed by atoms with E-state index in [9.17, 15) is 0 Å². The third kappa shape index (κ3) is 4.65. The fraction of sp³-hybridized carbons (Fsp3) is 0.700. The second-order valence-corrected chi connectivity index (χ2v) is 8.63. The van der Waals surface area contributed by atoms with Crippen LogP contribution in [0.5, 0.6) is 5.75 Å². The third-order valence-corrected chi connectivity index (χ3v) is 4.35. The number of alkyl halides is 1. The zero-order valence-electron chi connectivity index (χ0n) is 15.6. The molecule has 1 unspecified atom stereocenters. The minimum absolute atomic E-state index is 0.0567. The Morgan fingerprint density at radius 3 is 1.77 bits per heavy atom. The van der Waals surface area contributed by atoms with Gasteiger partial charge in [-0.3, -0.25) is 0 Å². The highest BCUT2D eigenvalue weighted by Gasteiger charge is 2.28. The van der Waals surface area contributed by atoms with Crippen LogP contribution in [0.15, 0.2) is 12.1 Å². The molecular weight excluding hydrogens is 292 g/mol. The van der Waals surface area contributed by atoms with Crippen LogP contribution in [0.4, 0.5) is 0 Å². The highest BCUT2D eigenvalue weighted by molar-refractivity contribution is 6.17. The summed E-state index contributed by atoms with van der Waals surface area (Å²) in [6, 6.07) is 4.66. The first-order chi connectivity index (χ1) is 10.0. The Kier molecular flexibility index (Phi) is 6.38. The normalized spacial score (nSPS) is 14.0. The lowest BCUT2D eigenvalue weighted by atomic mass is 9.77. The molecule has 1 aromatic carbocycles. The molecule has 1 aromatic rings. The number of ether oxygens (including phenoxy) is 1. The standard InChI is InChI=1S/C20H33ClO/c1-9-22-18-16(19(3,4)5)12-15(14(2)10-11-21)13-17(18)20(6,7)8/h12-14H,9-11H2,1-8H3. The topological polar surface area (TPSA) is 9.23 Å². The van der Waals surface area contributed by atoms with Gasteiger partial charge in [-0.15, -0.1) is 11.6 Å². The van der Waals surface area contributed by atoms with Crippen LogP contribution in [0.2, 0.25) is 0 Å². The number of halogens is 1. The summed E-state index contributed by atoms with van der Waals surface area (Å²) in [5.41, 5.74) is 4.10. The van der Waals surface area contributed by atoms with Crippen molar-refractivity contribution >= 4 is 11.6 Å². The van der Waals surface area contributed by atoms with Crippen LogP contribution in [0, 0.1) is 0 Å². The Balaban J connectivity index is 3.61. The summed E-state index contributed by atoms with van der Waals surface area (Å²) in [7, 11) is 0. The van der Waals surface area contributed by atoms with Gasteiger partial charge in [-0.25, -0.2) is 0 Å². The first kappa shape index (κ1) is 19.4. The van der Waals surface area contributed by atoms with Crippen LogP contribution in [-0.4, -0.2) is 12.5 Å². The molecule has 1 rings (SSSR count). The summed E-state index contributed by atoms with van der Waals surface area (Å²) in [5, 5.41) is 0. The molecule has 0 saturated heterocycles. The predicted molar refractivity (Wildman–Crippen MR) is 98.8 cm³/mol. The highest BCUT2D eigenvalue weighted by atomic mass is 35.5. The molecule has 0 spiro atoms. The molecule has 0 aliphatic heterocycles. The average Bonchev–Trinajstić information content (AvgIpc) is 2.36. The first-order valence-corrected chi connectivity index (χ1v) is 8.93. The van der Waals surface area contributed by atoms with Crippen molar-refractivity contribution in [3.8, 4) is 5.75 Å². The number of benzene rings is 1. The van der Waals surface area contributed by atoms with E-state index in [4.69, 9.17) is 16.3 Å². The van der Waals surface area contributed by atoms with Crippen molar-refractivity contribution in [3.05, 3.63) is 28.8 Å². The molecule has 0 N–H and O–H groups in total. The summed E-state index contributed by atoms with van der Waals surface area (Å²) < 4.78 is 6.09. The van der Waals surface area contributed by atoms with Crippen LogP contribution in [0.25, 0.3) is 0 Å². The van der Waals surface area contributed by atoms with Gasteiger partial charge in [0.25, 0.3) is 0 Å². The van der Waals surface area contributed by atoms with E-state index in [-0.39, 0.29) is 10.8 Å². The van der Waals surface area contributed by atoms with E-state index < -0.39 is 0 Å². The number of hydrogen-bond donors (Lipinski definition) is 0. The fourth-order valence-electron chi connectivity index (χ4n) is 2.68. The summed E-state index contributed by atoms with van der Waals surface area (Å²) in [4.78, 5) is 0. The maximum absolute atomic E-state index is 6.09. The summed E-state index contributed by atoms with van der Waals surface area (Å²) in [5.74, 6) is 2.24. The van der Waals surface area contributed by atoms with Crippen LogP contribution < -0.4 is 4.74 Å². The van der Waals surface area contributed by atoms with Gasteiger partial charge < -0.3 is 4.74 Å². The van der Waals surface area contributed by atoms with Gasteiger partial charge in [-0.05, 0) is 35.7 Å². The van der Waals surface area contributed by atoms with Gasteiger partial charge in [0.1, 0.15) is 5.75 Å². The SMILES string of the molecule is CCOc1c(C(C)(C)C)cc(C(C)CCCl)cc1C(C)(C)C. The molecule has 0 saturated carbocycles. The molecule has 1 atom stereocenters. The van der Waals surface area contributed by atoms with Crippen molar-refractivity contribution < 1.29 is 4.74 Å². The molecule has 0 heterocycles. The van der Waals surface area contributed by atoms with Crippen molar-refractivity contribution in [1.82, 2.24) is 0 Å². The van der Waals surface area contributed by atoms with Gasteiger partial charge in [0.05, 0.1) is 6.61 Å². The zero-order chi connectivity index (χ0) is 17.1. The van der Waals surface area contributed by atoms with Crippen LogP contribution in [0.1, 0.15) is 84.4 Å². The largest absolute Gasteiger partial charge is 0.493 e. The summed E-state index contributed by atoms with van der Waals surface area (Å²) >= 11 is 5.96. The molecule has 0 fully saturated rings. The average molecular weight is 325 g/mol. The molecular formula is C20H33ClO. The van der Waals surface area contributed by atoms with Gasteiger partial charge in [0, 0.05) is 17.0 Å². The van der Waals surface area contributed by atoms with Crippen molar-refractivity contribution in [2.24, 2.45) is 0 Å². The van der Waals surface area contributed by atoms with Crippen LogP contribution >= 0.6 is 11.6 Å². The smallest absolute Gasteiger partial charge is 0.126 e. The lowest BCUT2D eigenvalue weighted by Gasteiger charge is -2.31. The lowest BCUT2D eigenvalue weighted by Crippen LogP contribution is -2.21. The fourth-order valence-corrected chi connectivity index (χ4v) is 3.01. The third-order valence-electron chi connectivity index (χ3n) is 4.13. The van der Waals surface area contributed by atoms with E-state index in [1.807, 2.05) is 0 Å². The molecule has 1 nitrogen and oxygen atoms in total. The quantitative estimate of drug-likeness (QED) is 0.568. The Morgan fingerprint density at radius 2 is 1.45 bits per heavy atom. The lowest BCUT2D eigenvalue weighted by molar-refractivity contribution is 0.319. The molecule has 0 radical (unpaired) electrons. The van der Waals surface area contributed by atoms with E-state index in [1.54, 1.807) is 0 Å². The summed E-state index contributed by atoms with van der Waals surface area (Å²) in [6.07, 6.45) is 1.00. The molecule has 2 heteroatoms. The Labute approximate surface area is 142 Å². The molecule has 126 valence electrons. The Hall–Kier alpha value is -0.690. The van der Waals surface area contributed by atoms with Gasteiger partial charge in [-0.2, -0.15) is 0 Å². The van der Waals surface area contributed by atoms with E-state index in [1.165, 1.54) is 16.7 Å².